The molecule has 51 heavy (non-hydrogen) atoms. The number of benzene rings is 1. The van der Waals surface area contributed by atoms with Gasteiger partial charge in [-0.25, -0.2) is 14.0 Å². The summed E-state index contributed by atoms with van der Waals surface area (Å²) in [5, 5.41) is 20.3. The van der Waals surface area contributed by atoms with Crippen molar-refractivity contribution in [3.8, 4) is 0 Å². The number of ether oxygens (including phenoxy) is 2. The Morgan fingerprint density at radius 1 is 1.14 bits per heavy atom. The summed E-state index contributed by atoms with van der Waals surface area (Å²) in [5.74, 6) is -1.25. The summed E-state index contributed by atoms with van der Waals surface area (Å²) in [7, 11) is -0.393. The molecule has 5 aliphatic rings. The number of rotatable bonds is 5. The molecule has 4 N–H and O–H groups in total. The molecule has 0 aromatic heterocycles. The molecule has 1 aromatic carbocycles. The van der Waals surface area contributed by atoms with Gasteiger partial charge >= 0.3 is 12.2 Å². The zero-order valence-electron chi connectivity index (χ0n) is 30.0. The Labute approximate surface area is 301 Å². The number of hydrogen-bond acceptors (Lipinski definition) is 8. The molecule has 14 heteroatoms. The molecular formula is C37H52FN5O7S. The van der Waals surface area contributed by atoms with Crippen molar-refractivity contribution in [3.63, 3.8) is 0 Å². The van der Waals surface area contributed by atoms with Gasteiger partial charge in [-0.3, -0.25) is 19.4 Å². The number of fused-ring (bicyclic) bond motifs is 3. The topological polar surface area (TPSA) is 150 Å². The maximum absolute atomic E-state index is 14.4. The molecule has 2 aliphatic carbocycles. The molecule has 1 saturated heterocycles. The van der Waals surface area contributed by atoms with Gasteiger partial charge in [-0.15, -0.1) is 0 Å². The second-order valence-corrected chi connectivity index (χ2v) is 17.5. The highest BCUT2D eigenvalue weighted by Gasteiger charge is 2.61. The monoisotopic (exact) mass is 729 g/mol. The van der Waals surface area contributed by atoms with Crippen molar-refractivity contribution in [2.45, 2.75) is 139 Å². The van der Waals surface area contributed by atoms with Crippen molar-refractivity contribution in [1.29, 1.82) is 0 Å². The first-order valence-corrected chi connectivity index (χ1v) is 19.6. The summed E-state index contributed by atoms with van der Waals surface area (Å²) in [6, 6.07) is 2.96. The molecule has 0 bridgehead atoms. The van der Waals surface area contributed by atoms with Gasteiger partial charge in [-0.2, -0.15) is 0 Å². The van der Waals surface area contributed by atoms with Gasteiger partial charge in [-0.1, -0.05) is 47.8 Å². The average molecular weight is 730 g/mol. The molecular weight excluding hydrogens is 678 g/mol. The molecule has 12 nitrogen and oxygen atoms in total. The summed E-state index contributed by atoms with van der Waals surface area (Å²) in [6.45, 7) is 7.47. The molecule has 2 saturated carbocycles. The van der Waals surface area contributed by atoms with Gasteiger partial charge in [0.05, 0.1) is 18.6 Å². The first-order chi connectivity index (χ1) is 24.3. The van der Waals surface area contributed by atoms with Crippen molar-refractivity contribution in [3.05, 3.63) is 47.3 Å². The summed E-state index contributed by atoms with van der Waals surface area (Å²) in [5.41, 5.74) is -0.749. The van der Waals surface area contributed by atoms with Gasteiger partial charge in [0.1, 0.15) is 29.3 Å². The van der Waals surface area contributed by atoms with E-state index in [4.69, 9.17) is 9.47 Å². The number of aliphatic hydroxyl groups is 1. The zero-order valence-corrected chi connectivity index (χ0v) is 30.8. The molecule has 0 spiro atoms. The van der Waals surface area contributed by atoms with E-state index in [0.717, 1.165) is 32.1 Å². The normalized spacial score (nSPS) is 31.1. The van der Waals surface area contributed by atoms with E-state index < -0.39 is 64.3 Å². The number of halogens is 1. The van der Waals surface area contributed by atoms with Gasteiger partial charge in [-0.05, 0) is 83.2 Å². The Bertz CT molecular complexity index is 1580. The molecule has 280 valence electrons. The number of nitrogens with one attached hydrogen (secondary N) is 3. The number of nitrogens with zero attached hydrogens (tertiary/aromatic N) is 2. The lowest BCUT2D eigenvalue weighted by molar-refractivity contribution is -0.135. The molecule has 3 aliphatic heterocycles. The standard InChI is InChI=1S/C37H52FN5O7S/c1-5-51(26-16-17-26)41-33(46)37-19-24(37)13-9-7-6-8-10-15-29(39-34(47)50-36(2,3)4)32(45)43-21-25(18-30(43)31(44)40-37)49-35(48)42-20-23-12-11-14-28(38)27(23)22-42/h5,9,11-14,24-26,29-30,32,45H,6-8,10,15-22H2,1-4H3,(H,39,47)(H,40,44)(H,41,46)/b13-9-/t24-,25-,29+,30+,32?,37-,51?/m1/s1. The van der Waals surface area contributed by atoms with Crippen LogP contribution in [-0.4, -0.2) is 91.6 Å². The van der Waals surface area contributed by atoms with Crippen LogP contribution in [-0.2, 0) is 32.2 Å². The highest BCUT2D eigenvalue weighted by Crippen LogP contribution is 2.47. The maximum Gasteiger partial charge on any atom is 0.410 e. The Balaban J connectivity index is 1.24. The molecule has 3 fully saturated rings. The van der Waals surface area contributed by atoms with Crippen molar-refractivity contribution >= 4 is 40.0 Å². The number of carbonyl (C=O) groups is 4. The van der Waals surface area contributed by atoms with Crippen LogP contribution in [0.4, 0.5) is 14.0 Å². The van der Waals surface area contributed by atoms with Crippen LogP contribution in [0.1, 0.15) is 96.6 Å². The second kappa shape index (κ2) is 15.2. The van der Waals surface area contributed by atoms with Crippen LogP contribution in [0, 0.1) is 11.7 Å². The van der Waals surface area contributed by atoms with Crippen molar-refractivity contribution < 1.29 is 38.1 Å². The van der Waals surface area contributed by atoms with E-state index in [1.807, 2.05) is 18.4 Å². The summed E-state index contributed by atoms with van der Waals surface area (Å²) >= 11 is 0. The first kappa shape index (κ1) is 37.3. The first-order valence-electron chi connectivity index (χ1n) is 18.2. The third-order valence-electron chi connectivity index (χ3n) is 10.3. The molecule has 4 amide bonds. The average Bonchev–Trinajstić information content (AvgIpc) is 3.94. The predicted molar refractivity (Wildman–Crippen MR) is 192 cm³/mol. The predicted octanol–water partition coefficient (Wildman–Crippen LogP) is 4.61. The van der Waals surface area contributed by atoms with Crippen molar-refractivity contribution in [2.24, 2.45) is 5.92 Å². The molecule has 6 rings (SSSR count). The Morgan fingerprint density at radius 3 is 2.63 bits per heavy atom. The van der Waals surface area contributed by atoms with Crippen LogP contribution in [0.5, 0.6) is 0 Å². The Kier molecular flexibility index (Phi) is 11.1. The van der Waals surface area contributed by atoms with Crippen LogP contribution in [0.2, 0.25) is 0 Å². The van der Waals surface area contributed by atoms with E-state index in [1.165, 1.54) is 11.0 Å². The zero-order chi connectivity index (χ0) is 36.5. The lowest BCUT2D eigenvalue weighted by Gasteiger charge is -2.35. The lowest BCUT2D eigenvalue weighted by Crippen LogP contribution is -2.59. The lowest BCUT2D eigenvalue weighted by atomic mass is 10.0. The minimum atomic E-state index is -1.33. The minimum absolute atomic E-state index is 0.00506. The highest BCUT2D eigenvalue weighted by atomic mass is 32.2. The van der Waals surface area contributed by atoms with Crippen molar-refractivity contribution in [1.82, 2.24) is 25.2 Å². The highest BCUT2D eigenvalue weighted by molar-refractivity contribution is 8.14. The molecule has 2 unspecified atom stereocenters. The number of hydrogen-bond donors (Lipinski definition) is 4. The van der Waals surface area contributed by atoms with E-state index in [2.05, 4.69) is 21.4 Å². The fourth-order valence-electron chi connectivity index (χ4n) is 7.37. The third-order valence-corrected chi connectivity index (χ3v) is 12.4. The number of amides is 4. The Morgan fingerprint density at radius 2 is 1.92 bits per heavy atom. The van der Waals surface area contributed by atoms with Crippen LogP contribution in [0.15, 0.2) is 30.4 Å². The summed E-state index contributed by atoms with van der Waals surface area (Å²) in [4.78, 5) is 57.6. The minimum Gasteiger partial charge on any atom is -0.445 e. The van der Waals surface area contributed by atoms with Gasteiger partial charge in [0, 0.05) is 36.2 Å². The largest absolute Gasteiger partial charge is 0.445 e. The fraction of sp³-hybridized carbons (Fsp3) is 0.649. The van der Waals surface area contributed by atoms with E-state index in [9.17, 15) is 28.7 Å². The van der Waals surface area contributed by atoms with Crippen LogP contribution in [0.3, 0.4) is 0 Å². The van der Waals surface area contributed by atoms with Crippen LogP contribution < -0.4 is 15.4 Å². The SMILES string of the molecule is C/C=S(/NC(=O)[C@@]12C[C@H]1/C=C\CCCCC[C@H](NC(=O)OC(C)(C)C)C(O)N1C[C@H](OC(=O)N3Cc4cccc(F)c4C3)C[C@H]1C(=O)N2)C1CC1. The quantitative estimate of drug-likeness (QED) is 0.254. The summed E-state index contributed by atoms with van der Waals surface area (Å²) < 4.78 is 29.1. The molecule has 0 radical (unpaired) electrons. The number of alkyl carbamates (subject to hydrolysis) is 1. The number of allylic oxidation sites excluding steroid dienone is 1. The van der Waals surface area contributed by atoms with E-state index >= 15 is 0 Å². The Hall–Kier alpha value is -3.49. The van der Waals surface area contributed by atoms with Crippen LogP contribution >= 0.6 is 10.7 Å². The second-order valence-electron chi connectivity index (χ2n) is 15.4. The van der Waals surface area contributed by atoms with E-state index in [0.29, 0.717) is 35.6 Å². The van der Waals surface area contributed by atoms with E-state index in [1.54, 1.807) is 37.8 Å². The number of aliphatic hydroxyl groups excluding tert-OH is 1. The van der Waals surface area contributed by atoms with Crippen molar-refractivity contribution in [2.75, 3.05) is 6.54 Å². The van der Waals surface area contributed by atoms with Gasteiger partial charge < -0.3 is 29.9 Å². The maximum atomic E-state index is 14.4. The molecule has 3 heterocycles. The fourth-order valence-corrected chi connectivity index (χ4v) is 9.08. The van der Waals surface area contributed by atoms with Gasteiger partial charge in [0.2, 0.25) is 5.91 Å². The molecule has 1 aromatic rings. The third kappa shape index (κ3) is 8.77. The van der Waals surface area contributed by atoms with Crippen LogP contribution in [0.25, 0.3) is 0 Å². The van der Waals surface area contributed by atoms with Gasteiger partial charge in [0.15, 0.2) is 0 Å². The van der Waals surface area contributed by atoms with Gasteiger partial charge in [0.25, 0.3) is 5.91 Å². The molecule has 7 atom stereocenters. The van der Waals surface area contributed by atoms with E-state index in [-0.39, 0.29) is 43.7 Å². The smallest absolute Gasteiger partial charge is 0.410 e. The summed E-state index contributed by atoms with van der Waals surface area (Å²) in [6.07, 6.45) is 6.91. The number of carbonyl (C=O) groups excluding carboxylic acids is 4.